The summed E-state index contributed by atoms with van der Waals surface area (Å²) in [6.45, 7) is 1.93. The summed E-state index contributed by atoms with van der Waals surface area (Å²) in [7, 11) is 0. The highest BCUT2D eigenvalue weighted by Crippen LogP contribution is 2.33. The zero-order valence-electron chi connectivity index (χ0n) is 15.1. The van der Waals surface area contributed by atoms with Crippen molar-refractivity contribution in [1.82, 2.24) is 9.78 Å². The number of aromatic nitrogens is 2. The molecule has 0 saturated carbocycles. The molecule has 0 unspecified atom stereocenters. The van der Waals surface area contributed by atoms with Crippen molar-refractivity contribution in [2.45, 2.75) is 19.5 Å². The first-order valence-electron chi connectivity index (χ1n) is 8.73. The van der Waals surface area contributed by atoms with Crippen LogP contribution in [0.1, 0.15) is 24.6 Å². The first kappa shape index (κ1) is 18.0. The Morgan fingerprint density at radius 3 is 2.43 bits per heavy atom. The molecule has 0 bridgehead atoms. The van der Waals surface area contributed by atoms with Crippen LogP contribution in [0.15, 0.2) is 83.7 Å². The number of benzene rings is 2. The van der Waals surface area contributed by atoms with Crippen LogP contribution in [0.5, 0.6) is 0 Å². The van der Waals surface area contributed by atoms with Gasteiger partial charge in [0.2, 0.25) is 0 Å². The Morgan fingerprint density at radius 1 is 0.929 bits per heavy atom. The number of rotatable bonds is 3. The Kier molecular flexibility index (Phi) is 4.50. The molecule has 1 aliphatic heterocycles. The summed E-state index contributed by atoms with van der Waals surface area (Å²) in [5.41, 5.74) is 3.07. The van der Waals surface area contributed by atoms with E-state index in [1.165, 1.54) is 11.1 Å². The van der Waals surface area contributed by atoms with Crippen LogP contribution in [0.4, 0.5) is 18.9 Å². The number of halogens is 3. The summed E-state index contributed by atoms with van der Waals surface area (Å²) in [5.74, 6) is 0. The van der Waals surface area contributed by atoms with E-state index in [2.05, 4.69) is 10.2 Å². The monoisotopic (exact) mass is 382 g/mol. The number of hydrogen-bond donors (Lipinski definition) is 0. The summed E-state index contributed by atoms with van der Waals surface area (Å²) in [4.78, 5) is 0. The molecule has 1 aromatic heterocycles. The van der Waals surface area contributed by atoms with E-state index in [4.69, 9.17) is 0 Å². The summed E-state index contributed by atoms with van der Waals surface area (Å²) >= 11 is 0. The molecule has 142 valence electrons. The van der Waals surface area contributed by atoms with E-state index < -0.39 is 11.7 Å². The summed E-state index contributed by atoms with van der Waals surface area (Å²) in [5, 5.41) is 10.5. The van der Waals surface area contributed by atoms with Gasteiger partial charge in [0, 0.05) is 12.6 Å². The largest absolute Gasteiger partial charge is 0.416 e. The molecule has 0 aliphatic carbocycles. The first-order chi connectivity index (χ1) is 13.4. The summed E-state index contributed by atoms with van der Waals surface area (Å²) < 4.78 is 41.0. The Bertz CT molecular complexity index is 1050. The molecule has 3 aromatic rings. The maximum atomic E-state index is 13.1. The highest BCUT2D eigenvalue weighted by atomic mass is 19.4. The van der Waals surface area contributed by atoms with Crippen molar-refractivity contribution in [2.24, 2.45) is 5.10 Å². The highest BCUT2D eigenvalue weighted by Gasteiger charge is 2.31. The van der Waals surface area contributed by atoms with Gasteiger partial charge in [0.25, 0.3) is 0 Å². The van der Waals surface area contributed by atoms with Gasteiger partial charge < -0.3 is 0 Å². The summed E-state index contributed by atoms with van der Waals surface area (Å²) in [6.07, 6.45) is -0.369. The van der Waals surface area contributed by atoms with Crippen molar-refractivity contribution in [2.75, 3.05) is 5.01 Å². The molecule has 2 heterocycles. The average molecular weight is 382 g/mol. The molecule has 0 saturated heterocycles. The number of alkyl halides is 3. The van der Waals surface area contributed by atoms with Gasteiger partial charge in [0.05, 0.1) is 34.5 Å². The van der Waals surface area contributed by atoms with Gasteiger partial charge in [-0.15, -0.1) is 0 Å². The molecule has 7 heteroatoms. The van der Waals surface area contributed by atoms with E-state index in [0.29, 0.717) is 12.1 Å². The van der Waals surface area contributed by atoms with Crippen LogP contribution in [0.2, 0.25) is 0 Å². The zero-order valence-corrected chi connectivity index (χ0v) is 15.1. The highest BCUT2D eigenvalue weighted by molar-refractivity contribution is 6.02. The van der Waals surface area contributed by atoms with Gasteiger partial charge in [-0.3, -0.25) is 0 Å². The number of anilines is 1. The van der Waals surface area contributed by atoms with E-state index in [1.54, 1.807) is 23.1 Å². The number of allylic oxidation sites excluding steroid dienone is 1. The molecule has 28 heavy (non-hydrogen) atoms. The fourth-order valence-corrected chi connectivity index (χ4v) is 3.11. The fourth-order valence-electron chi connectivity index (χ4n) is 3.11. The SMILES string of the molecule is CC1=CN(c2cccc(C(F)(F)F)c2)N=C(c2ccnn2-c2ccccc2)C1. The fraction of sp³-hybridized carbons (Fsp3) is 0.143. The van der Waals surface area contributed by atoms with Crippen LogP contribution in [0.25, 0.3) is 5.69 Å². The van der Waals surface area contributed by atoms with E-state index >= 15 is 0 Å². The van der Waals surface area contributed by atoms with Crippen LogP contribution in [0, 0.1) is 0 Å². The van der Waals surface area contributed by atoms with Gasteiger partial charge in [-0.1, -0.05) is 24.3 Å². The average Bonchev–Trinajstić information content (AvgIpc) is 3.18. The maximum absolute atomic E-state index is 13.1. The Labute approximate surface area is 160 Å². The quantitative estimate of drug-likeness (QED) is 0.607. The molecule has 1 aliphatic rings. The molecule has 0 N–H and O–H groups in total. The minimum atomic E-state index is -4.40. The second-order valence-electron chi connectivity index (χ2n) is 6.56. The number of nitrogens with zero attached hydrogens (tertiary/aromatic N) is 4. The van der Waals surface area contributed by atoms with Crippen molar-refractivity contribution in [1.29, 1.82) is 0 Å². The zero-order chi connectivity index (χ0) is 19.7. The first-order valence-corrected chi connectivity index (χ1v) is 8.73. The van der Waals surface area contributed by atoms with Crippen molar-refractivity contribution < 1.29 is 13.2 Å². The lowest BCUT2D eigenvalue weighted by Crippen LogP contribution is -2.21. The molecule has 0 amide bonds. The van der Waals surface area contributed by atoms with Gasteiger partial charge in [-0.2, -0.15) is 23.4 Å². The molecular weight excluding hydrogens is 365 g/mol. The van der Waals surface area contributed by atoms with Crippen LogP contribution in [-0.2, 0) is 6.18 Å². The lowest BCUT2D eigenvalue weighted by Gasteiger charge is -2.24. The number of para-hydroxylation sites is 1. The lowest BCUT2D eigenvalue weighted by molar-refractivity contribution is -0.137. The third-order valence-corrected chi connectivity index (χ3v) is 4.39. The van der Waals surface area contributed by atoms with E-state index in [9.17, 15) is 13.2 Å². The smallest absolute Gasteiger partial charge is 0.241 e. The van der Waals surface area contributed by atoms with Gasteiger partial charge in [-0.05, 0) is 48.9 Å². The van der Waals surface area contributed by atoms with Crippen molar-refractivity contribution in [3.8, 4) is 5.69 Å². The third-order valence-electron chi connectivity index (χ3n) is 4.39. The van der Waals surface area contributed by atoms with Crippen LogP contribution in [0.3, 0.4) is 0 Å². The molecular formula is C21H17F3N4. The van der Waals surface area contributed by atoms with Crippen molar-refractivity contribution >= 4 is 11.4 Å². The van der Waals surface area contributed by atoms with E-state index in [-0.39, 0.29) is 0 Å². The van der Waals surface area contributed by atoms with Gasteiger partial charge in [0.15, 0.2) is 0 Å². The van der Waals surface area contributed by atoms with Crippen molar-refractivity contribution in [3.05, 3.63) is 89.9 Å². The Hall–Kier alpha value is -3.35. The normalized spacial score (nSPS) is 14.6. The predicted molar refractivity (Wildman–Crippen MR) is 102 cm³/mol. The standard InChI is InChI=1S/C21H17F3N4/c1-15-12-19(20-10-11-25-28(20)17-7-3-2-4-8-17)26-27(14-15)18-9-5-6-16(13-18)21(22,23)24/h2-11,13-14H,12H2,1H3. The molecule has 0 radical (unpaired) electrons. The minimum absolute atomic E-state index is 0.358. The van der Waals surface area contributed by atoms with Crippen LogP contribution < -0.4 is 5.01 Å². The maximum Gasteiger partial charge on any atom is 0.416 e. The molecule has 2 aromatic carbocycles. The molecule has 4 nitrogen and oxygen atoms in total. The third kappa shape index (κ3) is 3.55. The van der Waals surface area contributed by atoms with E-state index in [1.807, 2.05) is 43.3 Å². The Balaban J connectivity index is 1.74. The molecule has 0 spiro atoms. The van der Waals surface area contributed by atoms with E-state index in [0.717, 1.165) is 34.8 Å². The molecule has 4 rings (SSSR count). The van der Waals surface area contributed by atoms with Crippen molar-refractivity contribution in [3.63, 3.8) is 0 Å². The summed E-state index contributed by atoms with van der Waals surface area (Å²) in [6, 6.07) is 16.7. The minimum Gasteiger partial charge on any atom is -0.241 e. The molecule has 0 fully saturated rings. The molecule has 0 atom stereocenters. The topological polar surface area (TPSA) is 33.4 Å². The second-order valence-corrected chi connectivity index (χ2v) is 6.56. The lowest BCUT2D eigenvalue weighted by atomic mass is 10.1. The Morgan fingerprint density at radius 2 is 1.68 bits per heavy atom. The predicted octanol–water partition coefficient (Wildman–Crippen LogP) is 5.41. The van der Waals surface area contributed by atoms with Gasteiger partial charge >= 0.3 is 6.18 Å². The second kappa shape index (κ2) is 6.99. The van der Waals surface area contributed by atoms with Crippen LogP contribution in [-0.4, -0.2) is 15.5 Å². The number of hydrazone groups is 1. The number of hydrogen-bond acceptors (Lipinski definition) is 3. The van der Waals surface area contributed by atoms with Crippen LogP contribution >= 0.6 is 0 Å². The van der Waals surface area contributed by atoms with Gasteiger partial charge in [-0.25, -0.2) is 9.69 Å². The van der Waals surface area contributed by atoms with Gasteiger partial charge in [0.1, 0.15) is 0 Å².